The second kappa shape index (κ2) is 8.18. The molecule has 0 aromatic heterocycles. The van der Waals surface area contributed by atoms with Crippen molar-refractivity contribution >= 4 is 16.5 Å². The highest BCUT2D eigenvalue weighted by Gasteiger charge is 2.56. The number of carbonyl (C=O) groups is 1. The summed E-state index contributed by atoms with van der Waals surface area (Å²) >= 11 is 0. The first-order valence-corrected chi connectivity index (χ1v) is 11.2. The Morgan fingerprint density at radius 2 is 0.957 bits per heavy atom. The van der Waals surface area contributed by atoms with E-state index in [1.165, 1.54) is 96.3 Å². The standard InChI is InChI=1S/C20H36O2Si/c21-19(22-23)20(16-10-4-1-5-11-16,17-12-6-2-7-13-17)18-14-8-3-9-15-18/h16-18H,1-15H2,23H3. The first-order chi connectivity index (χ1) is 11.3. The van der Waals surface area contributed by atoms with Crippen LogP contribution in [0.1, 0.15) is 96.3 Å². The first-order valence-electron chi connectivity index (χ1n) is 10.4. The van der Waals surface area contributed by atoms with Gasteiger partial charge in [-0.2, -0.15) is 0 Å². The maximum atomic E-state index is 13.3. The Labute approximate surface area is 145 Å². The minimum absolute atomic E-state index is 0.108. The third-order valence-electron chi connectivity index (χ3n) is 7.38. The van der Waals surface area contributed by atoms with Crippen molar-refractivity contribution in [3.05, 3.63) is 0 Å². The SMILES string of the molecule is O=C(O[SiH3])C(C1CCCCC1)(C1CCCCC1)C1CCCCC1. The van der Waals surface area contributed by atoms with E-state index >= 15 is 0 Å². The molecule has 2 nitrogen and oxygen atoms in total. The van der Waals surface area contributed by atoms with E-state index in [0.29, 0.717) is 28.2 Å². The van der Waals surface area contributed by atoms with Crippen molar-refractivity contribution in [2.24, 2.45) is 23.2 Å². The predicted octanol–water partition coefficient (Wildman–Crippen LogP) is 4.54. The zero-order valence-corrected chi connectivity index (χ0v) is 17.2. The van der Waals surface area contributed by atoms with Crippen molar-refractivity contribution in [1.29, 1.82) is 0 Å². The molecule has 3 aliphatic rings. The topological polar surface area (TPSA) is 26.3 Å². The fourth-order valence-electron chi connectivity index (χ4n) is 6.42. The van der Waals surface area contributed by atoms with Gasteiger partial charge in [0.2, 0.25) is 10.5 Å². The average Bonchev–Trinajstić information content (AvgIpc) is 2.65. The van der Waals surface area contributed by atoms with Crippen LogP contribution in [-0.2, 0) is 9.22 Å². The number of rotatable bonds is 4. The molecule has 23 heavy (non-hydrogen) atoms. The summed E-state index contributed by atoms with van der Waals surface area (Å²) in [5, 5.41) is 0. The van der Waals surface area contributed by atoms with Gasteiger partial charge in [-0.25, -0.2) is 0 Å². The molecule has 3 saturated carbocycles. The molecule has 0 aromatic rings. The van der Waals surface area contributed by atoms with E-state index < -0.39 is 0 Å². The Morgan fingerprint density at radius 1 is 0.652 bits per heavy atom. The van der Waals surface area contributed by atoms with Crippen LogP contribution in [0.3, 0.4) is 0 Å². The van der Waals surface area contributed by atoms with Gasteiger partial charge in [-0.3, -0.25) is 4.79 Å². The molecule has 0 heterocycles. The van der Waals surface area contributed by atoms with Gasteiger partial charge in [0.1, 0.15) is 0 Å². The van der Waals surface area contributed by atoms with E-state index in [2.05, 4.69) is 0 Å². The Bertz CT molecular complexity index is 332. The van der Waals surface area contributed by atoms with Gasteiger partial charge in [-0.15, -0.1) is 0 Å². The second-order valence-corrected chi connectivity index (χ2v) is 8.84. The molecule has 0 unspecified atom stereocenters. The van der Waals surface area contributed by atoms with Crippen LogP contribution in [0.5, 0.6) is 0 Å². The summed E-state index contributed by atoms with van der Waals surface area (Å²) in [5.41, 5.74) is -0.108. The van der Waals surface area contributed by atoms with Crippen molar-refractivity contribution in [2.75, 3.05) is 0 Å². The van der Waals surface area contributed by atoms with Crippen LogP contribution in [0, 0.1) is 23.2 Å². The molecule has 0 atom stereocenters. The summed E-state index contributed by atoms with van der Waals surface area (Å²) in [6, 6.07) is 0. The molecule has 0 N–H and O–H groups in total. The van der Waals surface area contributed by atoms with Crippen LogP contribution in [0.15, 0.2) is 0 Å². The van der Waals surface area contributed by atoms with Gasteiger partial charge < -0.3 is 4.43 Å². The first kappa shape index (κ1) is 17.5. The highest BCUT2D eigenvalue weighted by molar-refractivity contribution is 6.06. The van der Waals surface area contributed by atoms with E-state index in [1.807, 2.05) is 0 Å². The molecule has 3 fully saturated rings. The largest absolute Gasteiger partial charge is 0.528 e. The van der Waals surface area contributed by atoms with E-state index in [1.54, 1.807) is 0 Å². The molecular formula is C20H36O2Si. The van der Waals surface area contributed by atoms with Crippen molar-refractivity contribution in [1.82, 2.24) is 0 Å². The lowest BCUT2D eigenvalue weighted by Crippen LogP contribution is -2.53. The minimum atomic E-state index is -0.108. The molecule has 0 spiro atoms. The number of hydrogen-bond donors (Lipinski definition) is 0. The zero-order chi connectivity index (χ0) is 16.1. The smallest absolute Gasteiger partial charge is 0.298 e. The van der Waals surface area contributed by atoms with Crippen molar-refractivity contribution in [2.45, 2.75) is 96.3 Å². The molecule has 0 aromatic carbocycles. The summed E-state index contributed by atoms with van der Waals surface area (Å²) in [7, 11) is 0.565. The zero-order valence-electron chi connectivity index (χ0n) is 15.2. The number of hydrogen-bond acceptors (Lipinski definition) is 2. The third-order valence-corrected chi connectivity index (χ3v) is 7.75. The van der Waals surface area contributed by atoms with Gasteiger partial charge in [0.15, 0.2) is 0 Å². The van der Waals surface area contributed by atoms with Crippen LogP contribution in [0.25, 0.3) is 0 Å². The van der Waals surface area contributed by atoms with Crippen molar-refractivity contribution in [3.63, 3.8) is 0 Å². The molecule has 0 saturated heterocycles. The van der Waals surface area contributed by atoms with E-state index in [9.17, 15) is 4.79 Å². The number of carbonyl (C=O) groups excluding carboxylic acids is 1. The Balaban J connectivity index is 1.97. The van der Waals surface area contributed by atoms with Gasteiger partial charge in [-0.05, 0) is 56.3 Å². The van der Waals surface area contributed by atoms with E-state index in [0.717, 1.165) is 0 Å². The molecule has 132 valence electrons. The highest BCUT2D eigenvalue weighted by Crippen LogP contribution is 2.57. The van der Waals surface area contributed by atoms with E-state index in [4.69, 9.17) is 4.43 Å². The molecule has 0 amide bonds. The highest BCUT2D eigenvalue weighted by atomic mass is 28.2. The normalized spacial score (nSPS) is 26.3. The molecule has 3 rings (SSSR count). The molecule has 0 bridgehead atoms. The predicted molar refractivity (Wildman–Crippen MR) is 98.2 cm³/mol. The van der Waals surface area contributed by atoms with Crippen molar-refractivity contribution in [3.8, 4) is 0 Å². The minimum Gasteiger partial charge on any atom is -0.528 e. The quantitative estimate of drug-likeness (QED) is 0.705. The van der Waals surface area contributed by atoms with Gasteiger partial charge in [-0.1, -0.05) is 57.8 Å². The van der Waals surface area contributed by atoms with Gasteiger partial charge in [0.25, 0.3) is 5.97 Å². The van der Waals surface area contributed by atoms with Gasteiger partial charge in [0, 0.05) is 0 Å². The van der Waals surface area contributed by atoms with Gasteiger partial charge >= 0.3 is 0 Å². The molecule has 3 aliphatic carbocycles. The van der Waals surface area contributed by atoms with Crippen LogP contribution in [0.2, 0.25) is 0 Å². The van der Waals surface area contributed by atoms with Crippen LogP contribution in [0.4, 0.5) is 0 Å². The third kappa shape index (κ3) is 3.40. The summed E-state index contributed by atoms with van der Waals surface area (Å²) in [4.78, 5) is 13.3. The maximum absolute atomic E-state index is 13.3. The summed E-state index contributed by atoms with van der Waals surface area (Å²) in [6.07, 6.45) is 19.8. The lowest BCUT2D eigenvalue weighted by molar-refractivity contribution is -0.166. The second-order valence-electron chi connectivity index (χ2n) is 8.43. The monoisotopic (exact) mass is 336 g/mol. The fourth-order valence-corrected chi connectivity index (χ4v) is 6.77. The van der Waals surface area contributed by atoms with Crippen LogP contribution >= 0.6 is 0 Å². The molecule has 3 heteroatoms. The molecule has 0 radical (unpaired) electrons. The molecular weight excluding hydrogens is 300 g/mol. The molecule has 0 aliphatic heterocycles. The Hall–Kier alpha value is -0.313. The summed E-state index contributed by atoms with van der Waals surface area (Å²) < 4.78 is 5.68. The lowest BCUT2D eigenvalue weighted by atomic mass is 9.51. The van der Waals surface area contributed by atoms with Crippen molar-refractivity contribution < 1.29 is 9.22 Å². The summed E-state index contributed by atoms with van der Waals surface area (Å²) in [6.45, 7) is 0. The van der Waals surface area contributed by atoms with Crippen LogP contribution in [-0.4, -0.2) is 16.5 Å². The van der Waals surface area contributed by atoms with E-state index in [-0.39, 0.29) is 11.4 Å². The average molecular weight is 337 g/mol. The fraction of sp³-hybridized carbons (Fsp3) is 0.950. The van der Waals surface area contributed by atoms with Crippen LogP contribution < -0.4 is 0 Å². The van der Waals surface area contributed by atoms with Gasteiger partial charge in [0.05, 0.1) is 5.41 Å². The lowest BCUT2D eigenvalue weighted by Gasteiger charge is -2.52. The Morgan fingerprint density at radius 3 is 1.22 bits per heavy atom. The summed E-state index contributed by atoms with van der Waals surface area (Å²) in [5.74, 6) is 2.08. The maximum Gasteiger partial charge on any atom is 0.298 e. The Kier molecular flexibility index (Phi) is 6.23.